The van der Waals surface area contributed by atoms with Crippen LogP contribution in [0.3, 0.4) is 0 Å². The third kappa shape index (κ3) is 4.15. The molecule has 1 aromatic rings. The van der Waals surface area contributed by atoms with E-state index >= 15 is 0 Å². The SMILES string of the molecule is CC(C)CC(NC(=O)C1CCN(c2ccc3c(c2)OCCO3)C1=O)C(=O)O. The molecule has 2 N–H and O–H groups in total. The summed E-state index contributed by atoms with van der Waals surface area (Å²) in [5, 5.41) is 11.8. The fraction of sp³-hybridized carbons (Fsp3) is 0.526. The lowest BCUT2D eigenvalue weighted by molar-refractivity contribution is -0.144. The molecule has 3 rings (SSSR count). The number of hydrogen-bond acceptors (Lipinski definition) is 5. The molecule has 0 bridgehead atoms. The highest BCUT2D eigenvalue weighted by atomic mass is 16.6. The number of hydrogen-bond donors (Lipinski definition) is 2. The number of nitrogens with zero attached hydrogens (tertiary/aromatic N) is 1. The minimum Gasteiger partial charge on any atom is -0.486 e. The fourth-order valence-electron chi connectivity index (χ4n) is 3.34. The number of aliphatic carboxylic acids is 1. The highest BCUT2D eigenvalue weighted by Gasteiger charge is 2.39. The van der Waals surface area contributed by atoms with Gasteiger partial charge in [-0.05, 0) is 30.9 Å². The molecule has 2 amide bonds. The number of rotatable bonds is 6. The van der Waals surface area contributed by atoms with E-state index in [1.165, 1.54) is 4.90 Å². The molecule has 1 aromatic carbocycles. The number of carbonyl (C=O) groups is 3. The second-order valence-electron chi connectivity index (χ2n) is 7.19. The van der Waals surface area contributed by atoms with Crippen molar-refractivity contribution < 1.29 is 29.0 Å². The molecule has 1 fully saturated rings. The average Bonchev–Trinajstić information content (AvgIpc) is 3.01. The number of ether oxygens (including phenoxy) is 2. The number of carbonyl (C=O) groups excluding carboxylic acids is 2. The summed E-state index contributed by atoms with van der Waals surface area (Å²) in [5.74, 6) is -1.53. The van der Waals surface area contributed by atoms with Gasteiger partial charge < -0.3 is 24.8 Å². The molecular weight excluding hydrogens is 352 g/mol. The van der Waals surface area contributed by atoms with Crippen molar-refractivity contribution in [3.63, 3.8) is 0 Å². The minimum atomic E-state index is -1.09. The number of benzene rings is 1. The first-order chi connectivity index (χ1) is 12.9. The zero-order valence-corrected chi connectivity index (χ0v) is 15.4. The number of amides is 2. The van der Waals surface area contributed by atoms with Crippen molar-refractivity contribution in [2.75, 3.05) is 24.7 Å². The van der Waals surface area contributed by atoms with E-state index in [4.69, 9.17) is 9.47 Å². The smallest absolute Gasteiger partial charge is 0.326 e. The van der Waals surface area contributed by atoms with Gasteiger partial charge in [-0.15, -0.1) is 0 Å². The predicted molar refractivity (Wildman–Crippen MR) is 96.9 cm³/mol. The van der Waals surface area contributed by atoms with Gasteiger partial charge in [-0.3, -0.25) is 9.59 Å². The first-order valence-electron chi connectivity index (χ1n) is 9.11. The standard InChI is InChI=1S/C19H24N2O6/c1-11(2)9-14(19(24)25)20-17(22)13-5-6-21(18(13)23)12-3-4-15-16(10-12)27-8-7-26-15/h3-4,10-11,13-14H,5-9H2,1-2H3,(H,20,22)(H,24,25). The molecule has 2 unspecified atom stereocenters. The Hall–Kier alpha value is -2.77. The van der Waals surface area contributed by atoms with Crippen molar-refractivity contribution in [1.82, 2.24) is 5.32 Å². The molecule has 8 heteroatoms. The van der Waals surface area contributed by atoms with Crippen molar-refractivity contribution in [2.24, 2.45) is 11.8 Å². The summed E-state index contributed by atoms with van der Waals surface area (Å²) in [6.07, 6.45) is 0.654. The Balaban J connectivity index is 1.69. The lowest BCUT2D eigenvalue weighted by atomic mass is 10.0. The van der Waals surface area contributed by atoms with Crippen LogP contribution in [0.4, 0.5) is 5.69 Å². The first-order valence-corrected chi connectivity index (χ1v) is 9.11. The second-order valence-corrected chi connectivity index (χ2v) is 7.19. The van der Waals surface area contributed by atoms with Crippen LogP contribution in [0.25, 0.3) is 0 Å². The molecule has 2 aliphatic heterocycles. The minimum absolute atomic E-state index is 0.111. The molecule has 0 radical (unpaired) electrons. The third-order valence-corrected chi connectivity index (χ3v) is 4.68. The van der Waals surface area contributed by atoms with Crippen LogP contribution in [0.2, 0.25) is 0 Å². The third-order valence-electron chi connectivity index (χ3n) is 4.68. The van der Waals surface area contributed by atoms with Crippen molar-refractivity contribution in [3.05, 3.63) is 18.2 Å². The molecule has 2 heterocycles. The molecule has 0 aromatic heterocycles. The number of carboxylic acid groups (broad SMARTS) is 1. The van der Waals surface area contributed by atoms with Gasteiger partial charge in [0.1, 0.15) is 25.2 Å². The maximum absolute atomic E-state index is 12.7. The second kappa shape index (κ2) is 7.85. The molecule has 0 aliphatic carbocycles. The summed E-state index contributed by atoms with van der Waals surface area (Å²) in [6.45, 7) is 5.08. The Morgan fingerprint density at radius 3 is 2.63 bits per heavy atom. The molecule has 2 aliphatic rings. The van der Waals surface area contributed by atoms with Gasteiger partial charge in [-0.1, -0.05) is 13.8 Å². The number of fused-ring (bicyclic) bond motifs is 1. The fourth-order valence-corrected chi connectivity index (χ4v) is 3.34. The van der Waals surface area contributed by atoms with Crippen LogP contribution >= 0.6 is 0 Å². The van der Waals surface area contributed by atoms with Gasteiger partial charge in [0, 0.05) is 18.3 Å². The van der Waals surface area contributed by atoms with E-state index in [1.54, 1.807) is 18.2 Å². The van der Waals surface area contributed by atoms with Crippen molar-refractivity contribution in [1.29, 1.82) is 0 Å². The van der Waals surface area contributed by atoms with E-state index in [2.05, 4.69) is 5.32 Å². The molecule has 146 valence electrons. The van der Waals surface area contributed by atoms with E-state index in [-0.39, 0.29) is 11.8 Å². The molecular formula is C19H24N2O6. The molecule has 27 heavy (non-hydrogen) atoms. The normalized spacial score (nSPS) is 19.9. The van der Waals surface area contributed by atoms with Gasteiger partial charge in [0.25, 0.3) is 0 Å². The lowest BCUT2D eigenvalue weighted by Crippen LogP contribution is -2.46. The van der Waals surface area contributed by atoms with Crippen LogP contribution in [0.5, 0.6) is 11.5 Å². The zero-order chi connectivity index (χ0) is 19.6. The highest BCUT2D eigenvalue weighted by molar-refractivity contribution is 6.10. The van der Waals surface area contributed by atoms with E-state index in [0.717, 1.165) is 0 Å². The maximum Gasteiger partial charge on any atom is 0.326 e. The van der Waals surface area contributed by atoms with Crippen LogP contribution in [-0.2, 0) is 14.4 Å². The predicted octanol–water partition coefficient (Wildman–Crippen LogP) is 1.43. The van der Waals surface area contributed by atoms with Crippen LogP contribution in [0, 0.1) is 11.8 Å². The van der Waals surface area contributed by atoms with E-state index < -0.39 is 23.8 Å². The summed E-state index contributed by atoms with van der Waals surface area (Å²) in [4.78, 5) is 38.1. The summed E-state index contributed by atoms with van der Waals surface area (Å²) in [7, 11) is 0. The van der Waals surface area contributed by atoms with Crippen molar-refractivity contribution in [2.45, 2.75) is 32.7 Å². The van der Waals surface area contributed by atoms with Gasteiger partial charge >= 0.3 is 5.97 Å². The molecule has 2 atom stereocenters. The van der Waals surface area contributed by atoms with E-state index in [1.807, 2.05) is 13.8 Å². The molecule has 1 saturated heterocycles. The van der Waals surface area contributed by atoms with Crippen molar-refractivity contribution >= 4 is 23.5 Å². The average molecular weight is 376 g/mol. The maximum atomic E-state index is 12.7. The quantitative estimate of drug-likeness (QED) is 0.728. The summed E-state index contributed by atoms with van der Waals surface area (Å²) in [6, 6.07) is 4.23. The Morgan fingerprint density at radius 2 is 1.96 bits per heavy atom. The van der Waals surface area contributed by atoms with E-state index in [9.17, 15) is 19.5 Å². The van der Waals surface area contributed by atoms with Crippen molar-refractivity contribution in [3.8, 4) is 11.5 Å². The Bertz CT molecular complexity index is 748. The van der Waals surface area contributed by atoms with Crippen LogP contribution < -0.4 is 19.7 Å². The number of nitrogens with one attached hydrogen (secondary N) is 1. The van der Waals surface area contributed by atoms with Gasteiger partial charge in [0.15, 0.2) is 11.5 Å². The number of anilines is 1. The van der Waals surface area contributed by atoms with Crippen LogP contribution in [-0.4, -0.2) is 48.7 Å². The van der Waals surface area contributed by atoms with Crippen LogP contribution in [0.1, 0.15) is 26.7 Å². The van der Waals surface area contributed by atoms with Gasteiger partial charge in [-0.25, -0.2) is 4.79 Å². The van der Waals surface area contributed by atoms with Gasteiger partial charge in [0.2, 0.25) is 11.8 Å². The molecule has 0 spiro atoms. The Kier molecular flexibility index (Phi) is 5.53. The molecule has 8 nitrogen and oxygen atoms in total. The lowest BCUT2D eigenvalue weighted by Gasteiger charge is -2.22. The largest absolute Gasteiger partial charge is 0.486 e. The summed E-state index contributed by atoms with van der Waals surface area (Å²) < 4.78 is 11.0. The highest BCUT2D eigenvalue weighted by Crippen LogP contribution is 2.36. The summed E-state index contributed by atoms with van der Waals surface area (Å²) >= 11 is 0. The van der Waals surface area contributed by atoms with Gasteiger partial charge in [-0.2, -0.15) is 0 Å². The monoisotopic (exact) mass is 376 g/mol. The summed E-state index contributed by atoms with van der Waals surface area (Å²) in [5.41, 5.74) is 0.636. The Labute approximate surface area is 157 Å². The van der Waals surface area contributed by atoms with Crippen LogP contribution in [0.15, 0.2) is 18.2 Å². The molecule has 0 saturated carbocycles. The number of carboxylic acids is 1. The Morgan fingerprint density at radius 1 is 1.26 bits per heavy atom. The zero-order valence-electron chi connectivity index (χ0n) is 15.4. The van der Waals surface area contributed by atoms with Gasteiger partial charge in [0.05, 0.1) is 0 Å². The first kappa shape index (κ1) is 19.0. The topological polar surface area (TPSA) is 105 Å². The van der Waals surface area contributed by atoms with E-state index in [0.29, 0.717) is 49.8 Å².